The van der Waals surface area contributed by atoms with Crippen LogP contribution in [0.3, 0.4) is 0 Å². The van der Waals surface area contributed by atoms with Crippen LogP contribution in [0.2, 0.25) is 5.02 Å². The van der Waals surface area contributed by atoms with Crippen LogP contribution in [-0.2, 0) is 16.6 Å². The van der Waals surface area contributed by atoms with Crippen LogP contribution in [0.25, 0.3) is 0 Å². The van der Waals surface area contributed by atoms with Crippen molar-refractivity contribution < 1.29 is 17.9 Å². The van der Waals surface area contributed by atoms with Gasteiger partial charge < -0.3 is 9.47 Å². The molecule has 28 heavy (non-hydrogen) atoms. The Labute approximate surface area is 171 Å². The molecule has 0 aliphatic carbocycles. The molecule has 152 valence electrons. The maximum Gasteiger partial charge on any atom is 0.243 e. The zero-order valence-electron chi connectivity index (χ0n) is 16.3. The van der Waals surface area contributed by atoms with E-state index in [9.17, 15) is 8.42 Å². The smallest absolute Gasteiger partial charge is 0.243 e. The summed E-state index contributed by atoms with van der Waals surface area (Å²) in [6, 6.07) is 10.4. The van der Waals surface area contributed by atoms with E-state index in [1.54, 1.807) is 32.4 Å². The van der Waals surface area contributed by atoms with Crippen molar-refractivity contribution >= 4 is 21.6 Å². The number of hydrogen-bond donors (Lipinski definition) is 0. The van der Waals surface area contributed by atoms with Gasteiger partial charge in [0.15, 0.2) is 11.5 Å². The normalized spacial score (nSPS) is 16.1. The Kier molecular flexibility index (Phi) is 6.50. The quantitative estimate of drug-likeness (QED) is 0.712. The lowest BCUT2D eigenvalue weighted by Gasteiger charge is -2.34. The first kappa shape index (κ1) is 20.9. The summed E-state index contributed by atoms with van der Waals surface area (Å²) in [4.78, 5) is 2.49. The van der Waals surface area contributed by atoms with Crippen molar-refractivity contribution in [3.63, 3.8) is 0 Å². The van der Waals surface area contributed by atoms with Crippen LogP contribution in [0.5, 0.6) is 11.5 Å². The van der Waals surface area contributed by atoms with Crippen molar-refractivity contribution in [2.24, 2.45) is 0 Å². The lowest BCUT2D eigenvalue weighted by atomic mass is 10.1. The highest BCUT2D eigenvalue weighted by Crippen LogP contribution is 2.31. The molecule has 2 aromatic carbocycles. The molecular formula is C20H25ClN2O4S. The highest BCUT2D eigenvalue weighted by Gasteiger charge is 2.28. The fourth-order valence-electron chi connectivity index (χ4n) is 3.34. The highest BCUT2D eigenvalue weighted by molar-refractivity contribution is 7.89. The molecule has 1 aliphatic heterocycles. The van der Waals surface area contributed by atoms with Gasteiger partial charge in [0.05, 0.1) is 19.1 Å². The van der Waals surface area contributed by atoms with Gasteiger partial charge in [0, 0.05) is 37.7 Å². The number of sulfonamides is 1. The van der Waals surface area contributed by atoms with Crippen molar-refractivity contribution in [1.29, 1.82) is 0 Å². The Morgan fingerprint density at radius 2 is 1.64 bits per heavy atom. The summed E-state index contributed by atoms with van der Waals surface area (Å²) in [6.45, 7) is 4.98. The Hall–Kier alpha value is -1.80. The first-order valence-corrected chi connectivity index (χ1v) is 10.9. The number of benzene rings is 2. The Balaban J connectivity index is 1.68. The van der Waals surface area contributed by atoms with Crippen molar-refractivity contribution in [2.45, 2.75) is 18.4 Å². The lowest BCUT2D eigenvalue weighted by molar-refractivity contribution is 0.181. The molecule has 6 nitrogen and oxygen atoms in total. The Bertz CT molecular complexity index is 941. The molecule has 3 rings (SSSR count). The fourth-order valence-corrected chi connectivity index (χ4v) is 5.06. The second kappa shape index (κ2) is 8.69. The van der Waals surface area contributed by atoms with Gasteiger partial charge >= 0.3 is 0 Å². The molecule has 1 fully saturated rings. The molecule has 1 aliphatic rings. The minimum absolute atomic E-state index is 0.240. The number of hydrogen-bond acceptors (Lipinski definition) is 5. The number of halogens is 1. The summed E-state index contributed by atoms with van der Waals surface area (Å²) >= 11 is 5.95. The van der Waals surface area contributed by atoms with Crippen molar-refractivity contribution in [3.05, 3.63) is 52.5 Å². The molecule has 0 aromatic heterocycles. The monoisotopic (exact) mass is 424 g/mol. The molecule has 0 spiro atoms. The first-order valence-electron chi connectivity index (χ1n) is 9.04. The average Bonchev–Trinajstić information content (AvgIpc) is 2.69. The molecule has 0 bridgehead atoms. The van der Waals surface area contributed by atoms with Crippen LogP contribution in [0, 0.1) is 6.92 Å². The predicted molar refractivity (Wildman–Crippen MR) is 110 cm³/mol. The maximum atomic E-state index is 12.8. The number of ether oxygens (including phenoxy) is 2. The topological polar surface area (TPSA) is 59.1 Å². The first-order chi connectivity index (χ1) is 13.3. The summed E-state index contributed by atoms with van der Waals surface area (Å²) in [5.74, 6) is 1.41. The molecule has 0 amide bonds. The summed E-state index contributed by atoms with van der Waals surface area (Å²) in [5.41, 5.74) is 2.26. The Morgan fingerprint density at radius 3 is 2.25 bits per heavy atom. The van der Waals surface area contributed by atoms with E-state index in [4.69, 9.17) is 21.1 Å². The van der Waals surface area contributed by atoms with E-state index >= 15 is 0 Å². The van der Waals surface area contributed by atoms with Gasteiger partial charge in [-0.2, -0.15) is 4.31 Å². The number of nitrogens with zero attached hydrogens (tertiary/aromatic N) is 2. The fraction of sp³-hybridized carbons (Fsp3) is 0.400. The van der Waals surface area contributed by atoms with Crippen LogP contribution in [0.1, 0.15) is 11.1 Å². The molecule has 0 radical (unpaired) electrons. The average molecular weight is 425 g/mol. The maximum absolute atomic E-state index is 12.8. The van der Waals surface area contributed by atoms with E-state index in [1.807, 2.05) is 19.1 Å². The minimum atomic E-state index is -3.52. The molecule has 0 saturated carbocycles. The Morgan fingerprint density at radius 1 is 1.00 bits per heavy atom. The van der Waals surface area contributed by atoms with Gasteiger partial charge in [-0.3, -0.25) is 4.90 Å². The van der Waals surface area contributed by atoms with Gasteiger partial charge in [-0.25, -0.2) is 8.42 Å². The number of methoxy groups -OCH3 is 2. The van der Waals surface area contributed by atoms with Gasteiger partial charge in [0.1, 0.15) is 0 Å². The standard InChI is InChI=1S/C20H25ClN2O4S/c1-15-11-19(26-2)20(27-3)12-16(15)14-22-7-9-23(10-8-22)28(24,25)18-6-4-5-17(21)13-18/h4-6,11-13H,7-10,14H2,1-3H3. The van der Waals surface area contributed by atoms with Crippen LogP contribution >= 0.6 is 11.6 Å². The number of rotatable bonds is 6. The van der Waals surface area contributed by atoms with E-state index in [0.717, 1.165) is 17.7 Å². The number of aryl methyl sites for hydroxylation is 1. The predicted octanol–water partition coefficient (Wildman–Crippen LogP) is 3.17. The molecule has 0 unspecified atom stereocenters. The molecule has 0 atom stereocenters. The van der Waals surface area contributed by atoms with Crippen molar-refractivity contribution in [2.75, 3.05) is 40.4 Å². The van der Waals surface area contributed by atoms with Crippen molar-refractivity contribution in [3.8, 4) is 11.5 Å². The zero-order chi connectivity index (χ0) is 20.3. The van der Waals surface area contributed by atoms with Gasteiger partial charge in [-0.05, 0) is 48.4 Å². The van der Waals surface area contributed by atoms with Gasteiger partial charge in [0.2, 0.25) is 10.0 Å². The second-order valence-electron chi connectivity index (χ2n) is 6.77. The summed E-state index contributed by atoms with van der Waals surface area (Å²) < 4.78 is 37.9. The van der Waals surface area contributed by atoms with Gasteiger partial charge in [0.25, 0.3) is 0 Å². The second-order valence-corrected chi connectivity index (χ2v) is 9.15. The summed E-state index contributed by atoms with van der Waals surface area (Å²) in [6.07, 6.45) is 0. The molecule has 8 heteroatoms. The molecule has 1 heterocycles. The van der Waals surface area contributed by atoms with Crippen LogP contribution < -0.4 is 9.47 Å². The zero-order valence-corrected chi connectivity index (χ0v) is 17.9. The van der Waals surface area contributed by atoms with E-state index in [-0.39, 0.29) is 4.90 Å². The van der Waals surface area contributed by atoms with E-state index in [1.165, 1.54) is 10.4 Å². The lowest BCUT2D eigenvalue weighted by Crippen LogP contribution is -2.48. The summed E-state index contributed by atoms with van der Waals surface area (Å²) in [7, 11) is -0.280. The van der Waals surface area contributed by atoms with E-state index < -0.39 is 10.0 Å². The van der Waals surface area contributed by atoms with Gasteiger partial charge in [-0.15, -0.1) is 0 Å². The van der Waals surface area contributed by atoms with Gasteiger partial charge in [-0.1, -0.05) is 17.7 Å². The molecular weight excluding hydrogens is 400 g/mol. The minimum Gasteiger partial charge on any atom is -0.493 e. The van der Waals surface area contributed by atoms with Crippen molar-refractivity contribution in [1.82, 2.24) is 9.21 Å². The third-order valence-electron chi connectivity index (χ3n) is 5.00. The van der Waals surface area contributed by atoms with Crippen LogP contribution in [-0.4, -0.2) is 58.0 Å². The third kappa shape index (κ3) is 4.43. The van der Waals surface area contributed by atoms with E-state index in [2.05, 4.69) is 4.90 Å². The molecule has 1 saturated heterocycles. The largest absolute Gasteiger partial charge is 0.493 e. The third-order valence-corrected chi connectivity index (χ3v) is 7.13. The summed E-state index contributed by atoms with van der Waals surface area (Å²) in [5, 5.41) is 0.420. The molecule has 0 N–H and O–H groups in total. The van der Waals surface area contributed by atoms with Crippen LogP contribution in [0.4, 0.5) is 0 Å². The highest BCUT2D eigenvalue weighted by atomic mass is 35.5. The van der Waals surface area contributed by atoms with E-state index in [0.29, 0.717) is 42.7 Å². The van der Waals surface area contributed by atoms with Crippen LogP contribution in [0.15, 0.2) is 41.3 Å². The molecule has 2 aromatic rings. The SMILES string of the molecule is COc1cc(C)c(CN2CCN(S(=O)(=O)c3cccc(Cl)c3)CC2)cc1OC. The number of piperazine rings is 1.